The molecule has 0 radical (unpaired) electrons. The van der Waals surface area contributed by atoms with Gasteiger partial charge in [-0.05, 0) is 38.0 Å². The molecular weight excluding hydrogens is 446 g/mol. The summed E-state index contributed by atoms with van der Waals surface area (Å²) in [5.74, 6) is -1.57. The first-order valence-electron chi connectivity index (χ1n) is 10.7. The number of aryl methyl sites for hydroxylation is 2. The quantitative estimate of drug-likeness (QED) is 0.348. The summed E-state index contributed by atoms with van der Waals surface area (Å²) in [6.07, 6.45) is 0.745. The maximum atomic E-state index is 14.9. The van der Waals surface area contributed by atoms with Crippen LogP contribution in [0.15, 0.2) is 35.5 Å². The van der Waals surface area contributed by atoms with Gasteiger partial charge >= 0.3 is 0 Å². The van der Waals surface area contributed by atoms with Crippen LogP contribution in [0.25, 0.3) is 11.3 Å². The Balaban J connectivity index is 1.96. The molecule has 2 aromatic carbocycles. The van der Waals surface area contributed by atoms with Crippen LogP contribution in [-0.2, 0) is 4.79 Å². The minimum absolute atomic E-state index is 0.109. The van der Waals surface area contributed by atoms with Gasteiger partial charge in [-0.25, -0.2) is 8.78 Å². The SMILES string of the molecule is CCCCSc1nnc2c(n1)O[C@@H](c1cccc(F)c1F)N(C(C)=O)c1c(C)cc(C)cc1-2. The summed E-state index contributed by atoms with van der Waals surface area (Å²) in [6.45, 7) is 7.23. The number of benzene rings is 2. The Morgan fingerprint density at radius 3 is 2.73 bits per heavy atom. The highest BCUT2D eigenvalue weighted by Gasteiger charge is 2.37. The number of carbonyl (C=O) groups is 1. The van der Waals surface area contributed by atoms with Gasteiger partial charge in [0.1, 0.15) is 0 Å². The molecule has 0 saturated heterocycles. The van der Waals surface area contributed by atoms with E-state index >= 15 is 0 Å². The lowest BCUT2D eigenvalue weighted by Crippen LogP contribution is -2.37. The van der Waals surface area contributed by atoms with Crippen LogP contribution in [0.2, 0.25) is 0 Å². The second-order valence-corrected chi connectivity index (χ2v) is 8.99. The zero-order valence-electron chi connectivity index (χ0n) is 18.9. The van der Waals surface area contributed by atoms with E-state index in [9.17, 15) is 13.6 Å². The van der Waals surface area contributed by atoms with Crippen molar-refractivity contribution in [3.63, 3.8) is 0 Å². The van der Waals surface area contributed by atoms with Crippen molar-refractivity contribution in [3.8, 4) is 17.1 Å². The van der Waals surface area contributed by atoms with Gasteiger partial charge in [-0.1, -0.05) is 48.9 Å². The van der Waals surface area contributed by atoms with Gasteiger partial charge in [-0.3, -0.25) is 9.69 Å². The summed E-state index contributed by atoms with van der Waals surface area (Å²) in [6, 6.07) is 7.59. The molecule has 1 amide bonds. The normalized spacial score (nSPS) is 14.8. The molecule has 2 heterocycles. The molecule has 3 aromatic rings. The number of thioether (sulfide) groups is 1. The average molecular weight is 471 g/mol. The van der Waals surface area contributed by atoms with Crippen molar-refractivity contribution in [3.05, 3.63) is 58.7 Å². The summed E-state index contributed by atoms with van der Waals surface area (Å²) >= 11 is 1.44. The summed E-state index contributed by atoms with van der Waals surface area (Å²) in [5, 5.41) is 9.05. The van der Waals surface area contributed by atoms with Crippen molar-refractivity contribution < 1.29 is 18.3 Å². The van der Waals surface area contributed by atoms with Gasteiger partial charge in [0.25, 0.3) is 0 Å². The zero-order valence-corrected chi connectivity index (χ0v) is 19.7. The third-order valence-electron chi connectivity index (χ3n) is 5.35. The largest absolute Gasteiger partial charge is 0.447 e. The number of halogens is 2. The van der Waals surface area contributed by atoms with E-state index in [1.54, 1.807) is 0 Å². The van der Waals surface area contributed by atoms with Crippen molar-refractivity contribution >= 4 is 23.4 Å². The van der Waals surface area contributed by atoms with Crippen molar-refractivity contribution in [2.75, 3.05) is 10.7 Å². The van der Waals surface area contributed by atoms with Crippen LogP contribution >= 0.6 is 11.8 Å². The first-order valence-corrected chi connectivity index (χ1v) is 11.7. The third-order valence-corrected chi connectivity index (χ3v) is 6.27. The molecular formula is C24H24F2N4O2S. The molecule has 9 heteroatoms. The van der Waals surface area contributed by atoms with E-state index in [2.05, 4.69) is 22.1 Å². The van der Waals surface area contributed by atoms with Crippen LogP contribution in [0.4, 0.5) is 14.5 Å². The number of unbranched alkanes of at least 4 members (excludes halogenated alkanes) is 1. The Morgan fingerprint density at radius 1 is 1.21 bits per heavy atom. The molecule has 0 unspecified atom stereocenters. The van der Waals surface area contributed by atoms with Gasteiger partial charge in [-0.2, -0.15) is 4.98 Å². The number of anilines is 1. The molecule has 6 nitrogen and oxygen atoms in total. The molecule has 0 spiro atoms. The number of carbonyl (C=O) groups excluding carboxylic acids is 1. The summed E-state index contributed by atoms with van der Waals surface area (Å²) in [7, 11) is 0. The number of hydrogen-bond acceptors (Lipinski definition) is 6. The van der Waals surface area contributed by atoms with E-state index in [4.69, 9.17) is 4.74 Å². The lowest BCUT2D eigenvalue weighted by Gasteiger charge is -2.31. The zero-order chi connectivity index (χ0) is 23.7. The monoisotopic (exact) mass is 470 g/mol. The van der Waals surface area contributed by atoms with E-state index in [1.807, 2.05) is 26.0 Å². The lowest BCUT2D eigenvalue weighted by molar-refractivity contribution is -0.118. The number of ether oxygens (including phenoxy) is 1. The minimum Gasteiger partial charge on any atom is -0.447 e. The molecule has 172 valence electrons. The van der Waals surface area contributed by atoms with Gasteiger partial charge in [0.15, 0.2) is 17.3 Å². The molecule has 1 aliphatic heterocycles. The van der Waals surface area contributed by atoms with Crippen molar-refractivity contribution in [2.24, 2.45) is 0 Å². The molecule has 4 rings (SSSR count). The van der Waals surface area contributed by atoms with Crippen LogP contribution in [-0.4, -0.2) is 26.8 Å². The molecule has 0 fully saturated rings. The van der Waals surface area contributed by atoms with Crippen LogP contribution in [0, 0.1) is 25.5 Å². The van der Waals surface area contributed by atoms with Crippen LogP contribution in [0.5, 0.6) is 5.88 Å². The standard InChI is InChI=1S/C24H24F2N4O2S/c1-5-6-10-33-24-27-22-20(28-29-24)17-12-13(2)11-14(3)21(17)30(15(4)31)23(32-22)16-8-7-9-18(25)19(16)26/h7-9,11-12,23H,5-6,10H2,1-4H3/t23-/m0/s1. The Labute approximate surface area is 195 Å². The lowest BCUT2D eigenvalue weighted by atomic mass is 10.00. The Morgan fingerprint density at radius 2 is 2.00 bits per heavy atom. The maximum Gasteiger partial charge on any atom is 0.247 e. The number of amides is 1. The second-order valence-electron chi connectivity index (χ2n) is 7.93. The second kappa shape index (κ2) is 9.43. The van der Waals surface area contributed by atoms with Gasteiger partial charge in [-0.15, -0.1) is 10.2 Å². The average Bonchev–Trinajstić information content (AvgIpc) is 2.90. The fourth-order valence-electron chi connectivity index (χ4n) is 3.89. The first kappa shape index (κ1) is 23.1. The van der Waals surface area contributed by atoms with E-state index in [0.29, 0.717) is 22.1 Å². The molecule has 0 aliphatic carbocycles. The highest BCUT2D eigenvalue weighted by atomic mass is 32.2. The van der Waals surface area contributed by atoms with Crippen molar-refractivity contribution in [1.29, 1.82) is 0 Å². The van der Waals surface area contributed by atoms with E-state index in [1.165, 1.54) is 35.7 Å². The number of rotatable bonds is 5. The Kier molecular flexibility index (Phi) is 6.60. The van der Waals surface area contributed by atoms with Crippen molar-refractivity contribution in [2.45, 2.75) is 51.9 Å². The van der Waals surface area contributed by atoms with Gasteiger partial charge in [0, 0.05) is 18.2 Å². The minimum atomic E-state index is -1.27. The predicted octanol–water partition coefficient (Wildman–Crippen LogP) is 5.77. The maximum absolute atomic E-state index is 14.9. The molecule has 1 aliphatic rings. The molecule has 0 N–H and O–H groups in total. The summed E-state index contributed by atoms with van der Waals surface area (Å²) in [5.41, 5.74) is 3.05. The highest BCUT2D eigenvalue weighted by Crippen LogP contribution is 2.46. The third kappa shape index (κ3) is 4.42. The molecule has 0 saturated carbocycles. The first-order chi connectivity index (χ1) is 15.8. The number of aromatic nitrogens is 3. The van der Waals surface area contributed by atoms with Crippen molar-refractivity contribution in [1.82, 2.24) is 15.2 Å². The van der Waals surface area contributed by atoms with Gasteiger partial charge in [0.05, 0.1) is 11.3 Å². The molecule has 1 aromatic heterocycles. The topological polar surface area (TPSA) is 68.2 Å². The van der Waals surface area contributed by atoms with E-state index < -0.39 is 23.8 Å². The van der Waals surface area contributed by atoms with E-state index in [0.717, 1.165) is 35.8 Å². The smallest absolute Gasteiger partial charge is 0.247 e. The van der Waals surface area contributed by atoms with Gasteiger partial charge < -0.3 is 4.74 Å². The Bertz CT molecular complexity index is 1220. The number of hydrogen-bond donors (Lipinski definition) is 0. The van der Waals surface area contributed by atoms with E-state index in [-0.39, 0.29) is 11.4 Å². The highest BCUT2D eigenvalue weighted by molar-refractivity contribution is 7.99. The van der Waals surface area contributed by atoms with Crippen LogP contribution in [0.1, 0.15) is 49.6 Å². The number of fused-ring (bicyclic) bond motifs is 3. The Hall–Kier alpha value is -3.07. The van der Waals surface area contributed by atoms with Crippen LogP contribution < -0.4 is 9.64 Å². The number of nitrogens with zero attached hydrogens (tertiary/aromatic N) is 4. The summed E-state index contributed by atoms with van der Waals surface area (Å²) < 4.78 is 35.2. The fourth-order valence-corrected chi connectivity index (χ4v) is 4.75. The molecule has 0 bridgehead atoms. The molecule has 33 heavy (non-hydrogen) atoms. The summed E-state index contributed by atoms with van der Waals surface area (Å²) in [4.78, 5) is 18.8. The fraction of sp³-hybridized carbons (Fsp3) is 0.333. The molecule has 1 atom stereocenters. The van der Waals surface area contributed by atoms with Gasteiger partial charge in [0.2, 0.25) is 23.2 Å². The van der Waals surface area contributed by atoms with Crippen LogP contribution in [0.3, 0.4) is 0 Å². The predicted molar refractivity (Wildman–Crippen MR) is 123 cm³/mol.